The number of rotatable bonds is 3. The van der Waals surface area contributed by atoms with E-state index in [0.29, 0.717) is 43.0 Å². The second-order valence-electron chi connectivity index (χ2n) is 9.97. The van der Waals surface area contributed by atoms with Crippen LogP contribution in [-0.2, 0) is 9.47 Å². The number of methoxy groups -OCH3 is 1. The van der Waals surface area contributed by atoms with Gasteiger partial charge in [-0.05, 0) is 73.5 Å². The zero-order chi connectivity index (χ0) is 20.2. The van der Waals surface area contributed by atoms with Crippen LogP contribution in [0, 0.1) is 56.7 Å². The standard InChI is InChI=1S/C23H32N2O3/c1-21-9-7-17-15(16(21)4-5-20(21)28-14-27-3)6-11-23(13-25)18(12-24)19(26)8-10-22(17,23)2/h15-17,20,26H,4-11,14H2,1-3H3/t15-,16-,17-,20-,21-,22+,23?/m0/s1. The minimum atomic E-state index is -0.830. The van der Waals surface area contributed by atoms with Crippen molar-refractivity contribution in [2.75, 3.05) is 13.9 Å². The van der Waals surface area contributed by atoms with Crippen molar-refractivity contribution in [2.24, 2.45) is 34.0 Å². The van der Waals surface area contributed by atoms with Gasteiger partial charge in [-0.3, -0.25) is 0 Å². The minimum Gasteiger partial charge on any atom is -0.511 e. The molecule has 1 unspecified atom stereocenters. The average molecular weight is 385 g/mol. The topological polar surface area (TPSA) is 86.3 Å². The fourth-order valence-electron chi connectivity index (χ4n) is 7.80. The highest BCUT2D eigenvalue weighted by Gasteiger charge is 2.66. The molecule has 0 heterocycles. The number of nitrogens with zero attached hydrogens (tertiary/aromatic N) is 2. The van der Waals surface area contributed by atoms with Crippen LogP contribution in [-0.4, -0.2) is 25.1 Å². The quantitative estimate of drug-likeness (QED) is 0.702. The molecule has 0 spiro atoms. The van der Waals surface area contributed by atoms with Crippen LogP contribution in [0.15, 0.2) is 11.3 Å². The Hall–Kier alpha value is -1.56. The summed E-state index contributed by atoms with van der Waals surface area (Å²) >= 11 is 0. The van der Waals surface area contributed by atoms with Crippen LogP contribution in [0.3, 0.4) is 0 Å². The van der Waals surface area contributed by atoms with Crippen LogP contribution in [0.2, 0.25) is 0 Å². The van der Waals surface area contributed by atoms with Gasteiger partial charge in [0.25, 0.3) is 0 Å². The van der Waals surface area contributed by atoms with E-state index in [1.54, 1.807) is 7.11 Å². The highest BCUT2D eigenvalue weighted by Crippen LogP contribution is 2.70. The highest BCUT2D eigenvalue weighted by atomic mass is 16.7. The number of ether oxygens (including phenoxy) is 2. The molecule has 0 amide bonds. The van der Waals surface area contributed by atoms with Crippen molar-refractivity contribution in [3.8, 4) is 12.1 Å². The smallest absolute Gasteiger partial charge is 0.146 e. The van der Waals surface area contributed by atoms with E-state index in [4.69, 9.17) is 9.47 Å². The first-order valence-corrected chi connectivity index (χ1v) is 10.7. The molecule has 4 rings (SSSR count). The number of nitriles is 2. The zero-order valence-corrected chi connectivity index (χ0v) is 17.3. The Morgan fingerprint density at radius 2 is 1.86 bits per heavy atom. The predicted octanol–water partition coefficient (Wildman–Crippen LogP) is 4.86. The number of aliphatic hydroxyl groups is 1. The summed E-state index contributed by atoms with van der Waals surface area (Å²) in [6.07, 6.45) is 7.64. The number of hydrogen-bond donors (Lipinski definition) is 1. The van der Waals surface area contributed by atoms with Gasteiger partial charge in [-0.2, -0.15) is 10.5 Å². The first-order valence-electron chi connectivity index (χ1n) is 10.7. The van der Waals surface area contributed by atoms with Crippen molar-refractivity contribution in [2.45, 2.75) is 71.3 Å². The van der Waals surface area contributed by atoms with Gasteiger partial charge in [0.15, 0.2) is 0 Å². The summed E-state index contributed by atoms with van der Waals surface area (Å²) in [6.45, 7) is 4.97. The van der Waals surface area contributed by atoms with Crippen molar-refractivity contribution in [3.05, 3.63) is 11.3 Å². The summed E-state index contributed by atoms with van der Waals surface area (Å²) in [5.74, 6) is 1.75. The van der Waals surface area contributed by atoms with E-state index in [1.807, 2.05) is 0 Å². The van der Waals surface area contributed by atoms with E-state index in [1.165, 1.54) is 6.42 Å². The number of fused-ring (bicyclic) bond motifs is 5. The molecule has 4 aliphatic rings. The molecule has 0 aromatic carbocycles. The van der Waals surface area contributed by atoms with Crippen molar-refractivity contribution in [1.29, 1.82) is 10.5 Å². The lowest BCUT2D eigenvalue weighted by Gasteiger charge is -2.62. The van der Waals surface area contributed by atoms with Crippen LogP contribution < -0.4 is 0 Å². The van der Waals surface area contributed by atoms with Crippen molar-refractivity contribution in [1.82, 2.24) is 0 Å². The Kier molecular flexibility index (Phi) is 4.76. The highest BCUT2D eigenvalue weighted by molar-refractivity contribution is 5.43. The van der Waals surface area contributed by atoms with Gasteiger partial charge < -0.3 is 14.6 Å². The lowest BCUT2D eigenvalue weighted by Crippen LogP contribution is -2.58. The molecule has 28 heavy (non-hydrogen) atoms. The third-order valence-electron chi connectivity index (χ3n) is 9.28. The summed E-state index contributed by atoms with van der Waals surface area (Å²) in [6, 6.07) is 4.77. The lowest BCUT2D eigenvalue weighted by molar-refractivity contribution is -0.155. The summed E-state index contributed by atoms with van der Waals surface area (Å²) in [5, 5.41) is 30.4. The molecule has 0 bridgehead atoms. The molecule has 4 aliphatic carbocycles. The van der Waals surface area contributed by atoms with Crippen molar-refractivity contribution >= 4 is 0 Å². The Morgan fingerprint density at radius 3 is 2.54 bits per heavy atom. The van der Waals surface area contributed by atoms with Gasteiger partial charge in [-0.1, -0.05) is 13.8 Å². The average Bonchev–Trinajstić information content (AvgIpc) is 3.03. The molecule has 0 radical (unpaired) electrons. The number of aliphatic hydroxyl groups excluding tert-OH is 1. The fourth-order valence-corrected chi connectivity index (χ4v) is 7.80. The van der Waals surface area contributed by atoms with Crippen LogP contribution in [0.1, 0.15) is 65.2 Å². The Balaban J connectivity index is 1.68. The minimum absolute atomic E-state index is 0.148. The second kappa shape index (κ2) is 6.75. The molecule has 0 aliphatic heterocycles. The predicted molar refractivity (Wildman–Crippen MR) is 104 cm³/mol. The molecule has 3 saturated carbocycles. The summed E-state index contributed by atoms with van der Waals surface area (Å²) in [4.78, 5) is 0. The van der Waals surface area contributed by atoms with Gasteiger partial charge in [0.05, 0.1) is 23.8 Å². The van der Waals surface area contributed by atoms with Gasteiger partial charge in [0.1, 0.15) is 18.0 Å². The molecule has 1 N–H and O–H groups in total. The van der Waals surface area contributed by atoms with Crippen LogP contribution in [0.5, 0.6) is 0 Å². The zero-order valence-electron chi connectivity index (χ0n) is 17.3. The Bertz CT molecular complexity index is 765. The maximum absolute atomic E-state index is 10.4. The molecule has 0 aromatic rings. The van der Waals surface area contributed by atoms with E-state index in [-0.39, 0.29) is 22.7 Å². The molecular formula is C23H32N2O3. The molecular weight excluding hydrogens is 352 g/mol. The van der Waals surface area contributed by atoms with E-state index in [9.17, 15) is 15.6 Å². The third kappa shape index (κ3) is 2.36. The van der Waals surface area contributed by atoms with E-state index < -0.39 is 5.41 Å². The first-order chi connectivity index (χ1) is 13.4. The molecule has 3 fully saturated rings. The fraction of sp³-hybridized carbons (Fsp3) is 0.826. The monoisotopic (exact) mass is 384 g/mol. The van der Waals surface area contributed by atoms with Crippen LogP contribution in [0.25, 0.3) is 0 Å². The number of hydrogen-bond acceptors (Lipinski definition) is 5. The van der Waals surface area contributed by atoms with Gasteiger partial charge in [0, 0.05) is 13.5 Å². The molecule has 0 saturated heterocycles. The Morgan fingerprint density at radius 1 is 1.07 bits per heavy atom. The Labute approximate surface area is 168 Å². The second-order valence-corrected chi connectivity index (χ2v) is 9.97. The van der Waals surface area contributed by atoms with E-state index >= 15 is 0 Å². The van der Waals surface area contributed by atoms with Crippen molar-refractivity contribution in [3.63, 3.8) is 0 Å². The normalized spacial score (nSPS) is 47.5. The van der Waals surface area contributed by atoms with Gasteiger partial charge in [0.2, 0.25) is 0 Å². The van der Waals surface area contributed by atoms with E-state index in [2.05, 4.69) is 26.0 Å². The lowest BCUT2D eigenvalue weighted by atomic mass is 9.40. The third-order valence-corrected chi connectivity index (χ3v) is 9.28. The summed E-state index contributed by atoms with van der Waals surface area (Å²) in [7, 11) is 1.67. The summed E-state index contributed by atoms with van der Waals surface area (Å²) in [5.41, 5.74) is -0.547. The molecule has 5 heteroatoms. The van der Waals surface area contributed by atoms with Gasteiger partial charge >= 0.3 is 0 Å². The first kappa shape index (κ1) is 19.7. The molecule has 152 valence electrons. The molecule has 7 atom stereocenters. The SMILES string of the molecule is COCO[C@H]1CC[C@H]2[C@@H]3CCC4(C#N)C(C#N)=C(O)CC[C@]4(C)[C@H]3CC[C@]12C. The maximum atomic E-state index is 10.4. The van der Waals surface area contributed by atoms with Crippen LogP contribution >= 0.6 is 0 Å². The molecule has 0 aromatic heterocycles. The largest absolute Gasteiger partial charge is 0.511 e. The molecule has 5 nitrogen and oxygen atoms in total. The maximum Gasteiger partial charge on any atom is 0.146 e. The van der Waals surface area contributed by atoms with Crippen LogP contribution in [0.4, 0.5) is 0 Å². The summed E-state index contributed by atoms with van der Waals surface area (Å²) < 4.78 is 11.2. The van der Waals surface area contributed by atoms with Gasteiger partial charge in [-0.25, -0.2) is 0 Å². The number of allylic oxidation sites excluding steroid dienone is 2. The van der Waals surface area contributed by atoms with Crippen molar-refractivity contribution < 1.29 is 14.6 Å². The van der Waals surface area contributed by atoms with E-state index in [0.717, 1.165) is 32.1 Å². The van der Waals surface area contributed by atoms with Gasteiger partial charge in [-0.15, -0.1) is 0 Å².